The molecule has 0 aliphatic rings. The molecule has 0 spiro atoms. The Morgan fingerprint density at radius 1 is 1.25 bits per heavy atom. The van der Waals surface area contributed by atoms with E-state index in [1.807, 2.05) is 0 Å². The lowest BCUT2D eigenvalue weighted by atomic mass is 10.1. The van der Waals surface area contributed by atoms with Crippen LogP contribution in [0.3, 0.4) is 0 Å². The number of nitrogens with zero attached hydrogens (tertiary/aromatic N) is 1. The molecule has 0 radical (unpaired) electrons. The molecule has 0 aliphatic carbocycles. The first-order valence-electron chi connectivity index (χ1n) is 6.25. The number of aliphatic imine (C=N–C) groups is 1. The molecule has 0 saturated heterocycles. The van der Waals surface area contributed by atoms with Crippen LogP contribution in [0.25, 0.3) is 0 Å². The van der Waals surface area contributed by atoms with Gasteiger partial charge >= 0.3 is 11.9 Å². The van der Waals surface area contributed by atoms with Gasteiger partial charge in [0.15, 0.2) is 5.96 Å². The molecular formula is C11H23N5O4. The lowest BCUT2D eigenvalue weighted by Crippen LogP contribution is -2.45. The summed E-state index contributed by atoms with van der Waals surface area (Å²) in [4.78, 5) is 26.0. The molecule has 0 saturated carbocycles. The molecule has 0 aliphatic heterocycles. The molecule has 0 unspecified atom stereocenters. The summed E-state index contributed by atoms with van der Waals surface area (Å²) in [7, 11) is 0. The van der Waals surface area contributed by atoms with Crippen LogP contribution in [-0.2, 0) is 14.3 Å². The topological polar surface area (TPSA) is 180 Å². The highest BCUT2D eigenvalue weighted by molar-refractivity contribution is 5.78. The average Bonchev–Trinajstić information content (AvgIpc) is 2.36. The number of ether oxygens (including phenoxy) is 1. The van der Waals surface area contributed by atoms with Gasteiger partial charge in [0, 0.05) is 6.54 Å². The fourth-order valence-corrected chi connectivity index (χ4v) is 1.35. The smallest absolute Gasteiger partial charge is 0.324 e. The molecule has 9 N–H and O–H groups in total. The van der Waals surface area contributed by atoms with Crippen molar-refractivity contribution in [1.29, 1.82) is 0 Å². The van der Waals surface area contributed by atoms with Gasteiger partial charge in [0.25, 0.3) is 0 Å². The molecule has 0 heterocycles. The minimum absolute atomic E-state index is 0.0187. The second-order valence-corrected chi connectivity index (χ2v) is 4.41. The Bertz CT molecular complexity index is 357. The van der Waals surface area contributed by atoms with E-state index in [1.165, 1.54) is 6.92 Å². The molecule has 0 bridgehead atoms. The highest BCUT2D eigenvalue weighted by Gasteiger charge is 2.25. The zero-order chi connectivity index (χ0) is 15.7. The molecule has 0 amide bonds. The van der Waals surface area contributed by atoms with Crippen LogP contribution in [0.2, 0.25) is 0 Å². The number of nitrogens with two attached hydrogens (primary N) is 4. The van der Waals surface area contributed by atoms with Gasteiger partial charge in [-0.05, 0) is 26.2 Å². The maximum Gasteiger partial charge on any atom is 0.324 e. The largest absolute Gasteiger partial charge is 0.480 e. The first-order chi connectivity index (χ1) is 9.25. The molecule has 116 valence electrons. The van der Waals surface area contributed by atoms with Crippen molar-refractivity contribution in [3.63, 3.8) is 0 Å². The minimum atomic E-state index is -1.27. The molecule has 9 nitrogen and oxygen atoms in total. The number of esters is 1. The first-order valence-corrected chi connectivity index (χ1v) is 6.25. The summed E-state index contributed by atoms with van der Waals surface area (Å²) < 4.78 is 4.89. The zero-order valence-electron chi connectivity index (χ0n) is 11.5. The molecule has 9 heteroatoms. The maximum absolute atomic E-state index is 11.6. The molecule has 20 heavy (non-hydrogen) atoms. The summed E-state index contributed by atoms with van der Waals surface area (Å²) >= 11 is 0. The number of unbranched alkanes of at least 4 members (excludes halogenated alkanes) is 1. The van der Waals surface area contributed by atoms with Crippen molar-refractivity contribution < 1.29 is 19.4 Å². The summed E-state index contributed by atoms with van der Waals surface area (Å²) in [5.74, 6) is -1.89. The van der Waals surface area contributed by atoms with Gasteiger partial charge in [0.05, 0.1) is 0 Å². The van der Waals surface area contributed by atoms with Gasteiger partial charge in [-0.3, -0.25) is 14.6 Å². The molecule has 3 atom stereocenters. The Labute approximate surface area is 117 Å². The molecule has 0 aromatic rings. The van der Waals surface area contributed by atoms with E-state index in [1.54, 1.807) is 0 Å². The van der Waals surface area contributed by atoms with Crippen molar-refractivity contribution in [1.82, 2.24) is 0 Å². The Morgan fingerprint density at radius 2 is 1.85 bits per heavy atom. The number of guanidine groups is 1. The van der Waals surface area contributed by atoms with E-state index in [0.717, 1.165) is 0 Å². The SMILES string of the molecule is C[C@H](OC(=O)[C@@H](N)CCCCN=C(N)N)[C@H](N)C(=O)O. The average molecular weight is 289 g/mol. The van der Waals surface area contributed by atoms with Gasteiger partial charge in [0.2, 0.25) is 0 Å². The van der Waals surface area contributed by atoms with Crippen molar-refractivity contribution in [2.24, 2.45) is 27.9 Å². The summed E-state index contributed by atoms with van der Waals surface area (Å²) in [5, 5.41) is 8.67. The van der Waals surface area contributed by atoms with Crippen molar-refractivity contribution in [2.45, 2.75) is 44.4 Å². The van der Waals surface area contributed by atoms with Gasteiger partial charge in [0.1, 0.15) is 18.2 Å². The predicted octanol–water partition coefficient (Wildman–Crippen LogP) is -1.90. The van der Waals surface area contributed by atoms with Crippen molar-refractivity contribution in [3.05, 3.63) is 0 Å². The van der Waals surface area contributed by atoms with E-state index in [2.05, 4.69) is 4.99 Å². The van der Waals surface area contributed by atoms with Gasteiger partial charge < -0.3 is 32.8 Å². The summed E-state index contributed by atoms with van der Waals surface area (Å²) in [6.07, 6.45) is 0.788. The second-order valence-electron chi connectivity index (χ2n) is 4.41. The lowest BCUT2D eigenvalue weighted by Gasteiger charge is -2.19. The number of hydrogen-bond donors (Lipinski definition) is 5. The monoisotopic (exact) mass is 289 g/mol. The fraction of sp³-hybridized carbons (Fsp3) is 0.727. The van der Waals surface area contributed by atoms with Crippen LogP contribution in [-0.4, -0.2) is 47.7 Å². The highest BCUT2D eigenvalue weighted by Crippen LogP contribution is 2.04. The zero-order valence-corrected chi connectivity index (χ0v) is 11.5. The highest BCUT2D eigenvalue weighted by atomic mass is 16.5. The summed E-state index contributed by atoms with van der Waals surface area (Å²) in [5.41, 5.74) is 21.3. The van der Waals surface area contributed by atoms with Gasteiger partial charge in [-0.25, -0.2) is 0 Å². The number of carboxylic acids is 1. The van der Waals surface area contributed by atoms with Crippen LogP contribution in [0.5, 0.6) is 0 Å². The standard InChI is InChI=1S/C11H23N5O4/c1-6(8(13)9(17)18)20-10(19)7(12)4-2-3-5-16-11(14)15/h6-8H,2-5,12-13H2,1H3,(H,17,18)(H4,14,15,16)/t6-,7-,8-/m0/s1. The van der Waals surface area contributed by atoms with Crippen molar-refractivity contribution >= 4 is 17.9 Å². The number of aliphatic carboxylic acids is 1. The fourth-order valence-electron chi connectivity index (χ4n) is 1.35. The van der Waals surface area contributed by atoms with Crippen molar-refractivity contribution in [3.8, 4) is 0 Å². The number of carbonyl (C=O) groups excluding carboxylic acids is 1. The number of carboxylic acid groups (broad SMARTS) is 1. The van der Waals surface area contributed by atoms with E-state index < -0.39 is 30.1 Å². The Morgan fingerprint density at radius 3 is 2.35 bits per heavy atom. The molecular weight excluding hydrogens is 266 g/mol. The van der Waals surface area contributed by atoms with E-state index in [0.29, 0.717) is 25.8 Å². The van der Waals surface area contributed by atoms with Crippen LogP contribution in [0, 0.1) is 0 Å². The van der Waals surface area contributed by atoms with Crippen LogP contribution >= 0.6 is 0 Å². The van der Waals surface area contributed by atoms with E-state index in [9.17, 15) is 9.59 Å². The van der Waals surface area contributed by atoms with Gasteiger partial charge in [-0.15, -0.1) is 0 Å². The van der Waals surface area contributed by atoms with Crippen LogP contribution in [0.4, 0.5) is 0 Å². The van der Waals surface area contributed by atoms with E-state index in [4.69, 9.17) is 32.8 Å². The maximum atomic E-state index is 11.6. The van der Waals surface area contributed by atoms with Crippen LogP contribution in [0.1, 0.15) is 26.2 Å². The summed E-state index contributed by atoms with van der Waals surface area (Å²) in [6.45, 7) is 1.87. The second kappa shape index (κ2) is 9.10. The van der Waals surface area contributed by atoms with Gasteiger partial charge in [-0.2, -0.15) is 0 Å². The molecule has 0 fully saturated rings. The number of hydrogen-bond acceptors (Lipinski definition) is 6. The lowest BCUT2D eigenvalue weighted by molar-refractivity contribution is -0.154. The third-order valence-corrected chi connectivity index (χ3v) is 2.61. The summed E-state index contributed by atoms with van der Waals surface area (Å²) in [6, 6.07) is -2.09. The van der Waals surface area contributed by atoms with E-state index >= 15 is 0 Å². The first kappa shape index (κ1) is 18.1. The Kier molecular flexibility index (Phi) is 8.25. The quantitative estimate of drug-likeness (QED) is 0.141. The molecule has 0 rings (SSSR count). The molecule has 0 aromatic carbocycles. The normalized spacial score (nSPS) is 14.9. The minimum Gasteiger partial charge on any atom is -0.480 e. The van der Waals surface area contributed by atoms with Crippen LogP contribution in [0.15, 0.2) is 4.99 Å². The van der Waals surface area contributed by atoms with Crippen molar-refractivity contribution in [2.75, 3.05) is 6.54 Å². The van der Waals surface area contributed by atoms with Crippen LogP contribution < -0.4 is 22.9 Å². The third-order valence-electron chi connectivity index (χ3n) is 2.61. The third kappa shape index (κ3) is 7.54. The van der Waals surface area contributed by atoms with E-state index in [-0.39, 0.29) is 5.96 Å². The van der Waals surface area contributed by atoms with Gasteiger partial charge in [-0.1, -0.05) is 0 Å². The Hall–Kier alpha value is -1.87. The Balaban J connectivity index is 3.98. The number of rotatable bonds is 9. The predicted molar refractivity (Wildman–Crippen MR) is 73.7 cm³/mol. The molecule has 0 aromatic heterocycles. The number of carbonyl (C=O) groups is 2.